The summed E-state index contributed by atoms with van der Waals surface area (Å²) < 4.78 is 14.1. The first kappa shape index (κ1) is 15.8. The number of hydrogen-bond donors (Lipinski definition) is 1. The van der Waals surface area contributed by atoms with Crippen LogP contribution in [0.5, 0.6) is 0 Å². The largest absolute Gasteiger partial charge is 0.335 e. The minimum Gasteiger partial charge on any atom is -0.335 e. The van der Waals surface area contributed by atoms with Gasteiger partial charge in [-0.05, 0) is 58.8 Å². The lowest BCUT2D eigenvalue weighted by molar-refractivity contribution is 0.318. The van der Waals surface area contributed by atoms with Crippen molar-refractivity contribution in [2.24, 2.45) is 10.4 Å². The quantitative estimate of drug-likeness (QED) is 0.800. The average Bonchev–Trinajstić information content (AvgIpc) is 2.46. The molecule has 0 atom stereocenters. The highest BCUT2D eigenvalue weighted by Gasteiger charge is 2.30. The van der Waals surface area contributed by atoms with Gasteiger partial charge in [0.1, 0.15) is 5.82 Å². The van der Waals surface area contributed by atoms with Gasteiger partial charge >= 0.3 is 0 Å². The topological polar surface area (TPSA) is 24.4 Å². The maximum Gasteiger partial charge on any atom is 0.161 e. The van der Waals surface area contributed by atoms with Crippen molar-refractivity contribution < 1.29 is 4.39 Å². The molecule has 0 saturated heterocycles. The van der Waals surface area contributed by atoms with Crippen LogP contribution in [0, 0.1) is 18.2 Å². The minimum atomic E-state index is -0.254. The standard InChI is InChI=1S/C15H20BrFN2S/c1-4-15(5-2)8-18-14(20-9-15)19-13-7-12(17)11(16)6-10(13)3/h6-7H,4-5,8-9H2,1-3H3,(H,18,19). The summed E-state index contributed by atoms with van der Waals surface area (Å²) in [4.78, 5) is 4.65. The normalized spacial score (nSPS) is 17.8. The molecule has 1 aromatic rings. The summed E-state index contributed by atoms with van der Waals surface area (Å²) >= 11 is 4.94. The zero-order valence-corrected chi connectivity index (χ0v) is 14.5. The van der Waals surface area contributed by atoms with E-state index < -0.39 is 0 Å². The Hall–Kier alpha value is -0.550. The fourth-order valence-electron chi connectivity index (χ4n) is 2.20. The van der Waals surface area contributed by atoms with Crippen LogP contribution < -0.4 is 5.32 Å². The number of nitrogens with one attached hydrogen (secondary N) is 1. The van der Waals surface area contributed by atoms with Gasteiger partial charge in [0.25, 0.3) is 0 Å². The first-order valence-electron chi connectivity index (χ1n) is 6.89. The highest BCUT2D eigenvalue weighted by Crippen LogP contribution is 2.36. The van der Waals surface area contributed by atoms with E-state index in [1.54, 1.807) is 17.8 Å². The molecular formula is C15H20BrFN2S. The molecule has 110 valence electrons. The Labute approximate surface area is 132 Å². The molecule has 0 aliphatic carbocycles. The van der Waals surface area contributed by atoms with E-state index in [2.05, 4.69) is 40.1 Å². The van der Waals surface area contributed by atoms with Crippen molar-refractivity contribution in [3.8, 4) is 0 Å². The van der Waals surface area contributed by atoms with Crippen LogP contribution in [-0.4, -0.2) is 17.5 Å². The van der Waals surface area contributed by atoms with Gasteiger partial charge in [0, 0.05) is 18.0 Å². The molecule has 1 heterocycles. The Morgan fingerprint density at radius 3 is 2.65 bits per heavy atom. The van der Waals surface area contributed by atoms with Crippen molar-refractivity contribution in [1.29, 1.82) is 0 Å². The molecule has 0 unspecified atom stereocenters. The Morgan fingerprint density at radius 2 is 2.10 bits per heavy atom. The van der Waals surface area contributed by atoms with Crippen molar-refractivity contribution in [2.45, 2.75) is 33.6 Å². The van der Waals surface area contributed by atoms with Crippen LogP contribution in [0.4, 0.5) is 10.1 Å². The van der Waals surface area contributed by atoms with E-state index in [4.69, 9.17) is 0 Å². The molecule has 1 N–H and O–H groups in total. The number of rotatable bonds is 3. The number of hydrogen-bond acceptors (Lipinski definition) is 3. The lowest BCUT2D eigenvalue weighted by Crippen LogP contribution is -2.32. The molecule has 1 aromatic carbocycles. The number of thioether (sulfide) groups is 1. The number of benzene rings is 1. The fourth-order valence-corrected chi connectivity index (χ4v) is 3.94. The number of anilines is 1. The first-order valence-corrected chi connectivity index (χ1v) is 8.67. The Bertz CT molecular complexity index is 527. The molecule has 2 nitrogen and oxygen atoms in total. The monoisotopic (exact) mass is 358 g/mol. The lowest BCUT2D eigenvalue weighted by Gasteiger charge is -2.33. The Kier molecular flexibility index (Phi) is 5.13. The molecule has 0 radical (unpaired) electrons. The third-order valence-corrected chi connectivity index (χ3v) is 5.95. The zero-order valence-electron chi connectivity index (χ0n) is 12.1. The molecule has 0 amide bonds. The summed E-state index contributed by atoms with van der Waals surface area (Å²) in [6, 6.07) is 3.30. The van der Waals surface area contributed by atoms with Crippen LogP contribution in [0.25, 0.3) is 0 Å². The summed E-state index contributed by atoms with van der Waals surface area (Å²) in [6.07, 6.45) is 2.30. The van der Waals surface area contributed by atoms with E-state index in [0.717, 1.165) is 41.6 Å². The van der Waals surface area contributed by atoms with Crippen molar-refractivity contribution >= 4 is 38.5 Å². The third kappa shape index (κ3) is 3.37. The summed E-state index contributed by atoms with van der Waals surface area (Å²) in [6.45, 7) is 7.27. The zero-order chi connectivity index (χ0) is 14.8. The summed E-state index contributed by atoms with van der Waals surface area (Å²) in [5.41, 5.74) is 2.12. The van der Waals surface area contributed by atoms with Crippen molar-refractivity contribution in [1.82, 2.24) is 0 Å². The second kappa shape index (κ2) is 6.48. The molecule has 5 heteroatoms. The second-order valence-corrected chi connectivity index (χ2v) is 7.14. The summed E-state index contributed by atoms with van der Waals surface area (Å²) in [7, 11) is 0. The number of nitrogens with zero attached hydrogens (tertiary/aromatic N) is 1. The predicted molar refractivity (Wildman–Crippen MR) is 90.2 cm³/mol. The SMILES string of the molecule is CCC1(CC)CN=C(Nc2cc(F)c(Br)cc2C)SC1. The highest BCUT2D eigenvalue weighted by molar-refractivity contribution is 9.10. The van der Waals surface area contributed by atoms with Crippen LogP contribution in [0.15, 0.2) is 21.6 Å². The van der Waals surface area contributed by atoms with Gasteiger partial charge in [0.15, 0.2) is 5.17 Å². The molecule has 0 spiro atoms. The van der Waals surface area contributed by atoms with Gasteiger partial charge < -0.3 is 5.32 Å². The van der Waals surface area contributed by atoms with Crippen LogP contribution in [0.2, 0.25) is 0 Å². The number of aliphatic imine (C=N–C) groups is 1. The van der Waals surface area contributed by atoms with E-state index in [1.165, 1.54) is 6.07 Å². The molecule has 0 bridgehead atoms. The number of aryl methyl sites for hydroxylation is 1. The molecule has 0 saturated carbocycles. The van der Waals surface area contributed by atoms with Gasteiger partial charge in [-0.25, -0.2) is 4.39 Å². The van der Waals surface area contributed by atoms with Gasteiger partial charge in [0.05, 0.1) is 4.47 Å². The summed E-state index contributed by atoms with van der Waals surface area (Å²) in [5, 5.41) is 4.15. The number of halogens is 2. The lowest BCUT2D eigenvalue weighted by atomic mass is 9.84. The van der Waals surface area contributed by atoms with Crippen LogP contribution in [-0.2, 0) is 0 Å². The smallest absolute Gasteiger partial charge is 0.161 e. The fraction of sp³-hybridized carbons (Fsp3) is 0.533. The van der Waals surface area contributed by atoms with Gasteiger partial charge in [-0.15, -0.1) is 0 Å². The van der Waals surface area contributed by atoms with Gasteiger partial charge in [-0.1, -0.05) is 25.6 Å². The van der Waals surface area contributed by atoms with Gasteiger partial charge in [-0.2, -0.15) is 0 Å². The summed E-state index contributed by atoms with van der Waals surface area (Å²) in [5.74, 6) is 0.820. The molecule has 1 aliphatic rings. The van der Waals surface area contributed by atoms with Crippen molar-refractivity contribution in [3.05, 3.63) is 28.0 Å². The van der Waals surface area contributed by atoms with E-state index in [-0.39, 0.29) is 5.82 Å². The molecule has 0 aromatic heterocycles. The molecule has 0 fully saturated rings. The molecule has 1 aliphatic heterocycles. The molecular weight excluding hydrogens is 339 g/mol. The third-order valence-electron chi connectivity index (χ3n) is 4.08. The van der Waals surface area contributed by atoms with Gasteiger partial charge in [-0.3, -0.25) is 4.99 Å². The van der Waals surface area contributed by atoms with E-state index in [0.29, 0.717) is 9.89 Å². The molecule has 20 heavy (non-hydrogen) atoms. The highest BCUT2D eigenvalue weighted by atomic mass is 79.9. The van der Waals surface area contributed by atoms with Crippen molar-refractivity contribution in [3.63, 3.8) is 0 Å². The Balaban J connectivity index is 2.13. The van der Waals surface area contributed by atoms with Crippen molar-refractivity contribution in [2.75, 3.05) is 17.6 Å². The van der Waals surface area contributed by atoms with E-state index >= 15 is 0 Å². The van der Waals surface area contributed by atoms with Crippen LogP contribution >= 0.6 is 27.7 Å². The molecule has 2 rings (SSSR count). The maximum absolute atomic E-state index is 13.6. The predicted octanol–water partition coefficient (Wildman–Crippen LogP) is 5.22. The van der Waals surface area contributed by atoms with Gasteiger partial charge in [0.2, 0.25) is 0 Å². The number of amidine groups is 1. The first-order chi connectivity index (χ1) is 9.49. The van der Waals surface area contributed by atoms with Crippen LogP contribution in [0.3, 0.4) is 0 Å². The maximum atomic E-state index is 13.6. The van der Waals surface area contributed by atoms with E-state index in [9.17, 15) is 4.39 Å². The minimum absolute atomic E-state index is 0.254. The van der Waals surface area contributed by atoms with Crippen LogP contribution in [0.1, 0.15) is 32.3 Å². The Morgan fingerprint density at radius 1 is 1.40 bits per heavy atom. The average molecular weight is 359 g/mol. The second-order valence-electron chi connectivity index (χ2n) is 5.32. The van der Waals surface area contributed by atoms with E-state index in [1.807, 2.05) is 6.92 Å².